The van der Waals surface area contributed by atoms with Crippen molar-refractivity contribution < 1.29 is 19.4 Å². The Morgan fingerprint density at radius 1 is 1.27 bits per heavy atom. The Balaban J connectivity index is 1.97. The number of phenols is 1. The van der Waals surface area contributed by atoms with Gasteiger partial charge in [0.2, 0.25) is 0 Å². The maximum absolute atomic E-state index is 11.8. The summed E-state index contributed by atoms with van der Waals surface area (Å²) in [5.74, 6) is -1.70. The predicted octanol–water partition coefficient (Wildman–Crippen LogP) is 2.12. The van der Waals surface area contributed by atoms with Crippen LogP contribution >= 0.6 is 15.9 Å². The smallest absolute Gasteiger partial charge is 0.329 e. The highest BCUT2D eigenvalue weighted by Crippen LogP contribution is 2.34. The minimum Gasteiger partial charge on any atom is -0.503 e. The number of nitriles is 1. The molecule has 0 bridgehead atoms. The average Bonchev–Trinajstić information content (AvgIpc) is 2.64. The summed E-state index contributed by atoms with van der Waals surface area (Å²) in [5, 5.41) is 24.5. The molecule has 0 aliphatic heterocycles. The summed E-state index contributed by atoms with van der Waals surface area (Å²) in [6.45, 7) is 0. The fraction of sp³-hybridized carbons (Fsp3) is 0.0588. The Morgan fingerprint density at radius 2 is 1.96 bits per heavy atom. The molecule has 0 radical (unpaired) electrons. The Kier molecular flexibility index (Phi) is 6.30. The van der Waals surface area contributed by atoms with E-state index in [0.717, 1.165) is 0 Å². The zero-order chi connectivity index (χ0) is 19.1. The van der Waals surface area contributed by atoms with Crippen molar-refractivity contribution in [2.24, 2.45) is 5.10 Å². The second-order valence-corrected chi connectivity index (χ2v) is 5.75. The molecule has 0 heterocycles. The molecule has 0 saturated carbocycles. The summed E-state index contributed by atoms with van der Waals surface area (Å²) in [7, 11) is 1.40. The van der Waals surface area contributed by atoms with Crippen LogP contribution in [-0.2, 0) is 9.59 Å². The average molecular weight is 417 g/mol. The number of nitrogens with one attached hydrogen (secondary N) is 2. The molecule has 0 aromatic heterocycles. The summed E-state index contributed by atoms with van der Waals surface area (Å²) < 4.78 is 5.39. The standard InChI is InChI=1S/C17H13BrN4O4/c1-26-14-7-11(6-13(18)15(14)23)9-20-22-17(25)16(24)21-12-4-2-10(8-19)3-5-12/h2-7,9,23H,1H3,(H,21,24)(H,22,25)/b20-9+. The number of benzene rings is 2. The van der Waals surface area contributed by atoms with Gasteiger partial charge in [-0.3, -0.25) is 9.59 Å². The van der Waals surface area contributed by atoms with Crippen molar-refractivity contribution in [3.63, 3.8) is 0 Å². The van der Waals surface area contributed by atoms with E-state index in [1.165, 1.54) is 43.7 Å². The predicted molar refractivity (Wildman–Crippen MR) is 97.9 cm³/mol. The van der Waals surface area contributed by atoms with Crippen molar-refractivity contribution in [1.29, 1.82) is 5.26 Å². The van der Waals surface area contributed by atoms with Crippen LogP contribution in [0.1, 0.15) is 11.1 Å². The van der Waals surface area contributed by atoms with Gasteiger partial charge < -0.3 is 15.2 Å². The van der Waals surface area contributed by atoms with Crippen molar-refractivity contribution in [3.05, 3.63) is 52.0 Å². The number of nitrogens with zero attached hydrogens (tertiary/aromatic N) is 2. The molecule has 2 amide bonds. The highest BCUT2D eigenvalue weighted by atomic mass is 79.9. The van der Waals surface area contributed by atoms with Gasteiger partial charge in [0.1, 0.15) is 0 Å². The number of hydrazone groups is 1. The number of ether oxygens (including phenoxy) is 1. The van der Waals surface area contributed by atoms with Crippen LogP contribution in [0.4, 0.5) is 5.69 Å². The normalized spacial score (nSPS) is 10.2. The van der Waals surface area contributed by atoms with Gasteiger partial charge in [-0.15, -0.1) is 0 Å². The molecule has 132 valence electrons. The third-order valence-corrected chi connectivity index (χ3v) is 3.73. The fourth-order valence-electron chi connectivity index (χ4n) is 1.86. The van der Waals surface area contributed by atoms with Gasteiger partial charge in [0.05, 0.1) is 29.4 Å². The molecule has 2 aromatic rings. The Bertz CT molecular complexity index is 904. The molecule has 0 spiro atoms. The van der Waals surface area contributed by atoms with Gasteiger partial charge in [0.15, 0.2) is 11.5 Å². The Morgan fingerprint density at radius 3 is 2.58 bits per heavy atom. The molecular formula is C17H13BrN4O4. The van der Waals surface area contributed by atoms with Gasteiger partial charge in [0.25, 0.3) is 0 Å². The number of hydrogen-bond acceptors (Lipinski definition) is 6. The Labute approximate surface area is 157 Å². The summed E-state index contributed by atoms with van der Waals surface area (Å²) in [5.41, 5.74) is 3.43. The fourth-order valence-corrected chi connectivity index (χ4v) is 2.32. The van der Waals surface area contributed by atoms with Crippen LogP contribution in [-0.4, -0.2) is 30.2 Å². The van der Waals surface area contributed by atoms with Crippen LogP contribution in [0.3, 0.4) is 0 Å². The zero-order valence-corrected chi connectivity index (χ0v) is 15.1. The van der Waals surface area contributed by atoms with Crippen LogP contribution in [0, 0.1) is 11.3 Å². The molecule has 0 aliphatic rings. The first-order chi connectivity index (χ1) is 12.4. The second kappa shape index (κ2) is 8.64. The quantitative estimate of drug-likeness (QED) is 0.400. The molecule has 0 saturated heterocycles. The summed E-state index contributed by atoms with van der Waals surface area (Å²) in [6, 6.07) is 11.1. The highest BCUT2D eigenvalue weighted by Gasteiger charge is 2.13. The molecular weight excluding hydrogens is 404 g/mol. The monoisotopic (exact) mass is 416 g/mol. The maximum Gasteiger partial charge on any atom is 0.329 e. The van der Waals surface area contributed by atoms with Gasteiger partial charge in [-0.2, -0.15) is 10.4 Å². The molecule has 26 heavy (non-hydrogen) atoms. The number of aromatic hydroxyl groups is 1. The summed E-state index contributed by atoms with van der Waals surface area (Å²) >= 11 is 3.17. The van der Waals surface area contributed by atoms with Crippen LogP contribution in [0.25, 0.3) is 0 Å². The van der Waals surface area contributed by atoms with E-state index < -0.39 is 11.8 Å². The van der Waals surface area contributed by atoms with Gasteiger partial charge in [-0.05, 0) is 57.9 Å². The first-order valence-corrected chi connectivity index (χ1v) is 7.95. The number of methoxy groups -OCH3 is 1. The van der Waals surface area contributed by atoms with Crippen LogP contribution in [0.2, 0.25) is 0 Å². The van der Waals surface area contributed by atoms with Gasteiger partial charge in [-0.25, -0.2) is 5.43 Å². The number of rotatable bonds is 4. The van der Waals surface area contributed by atoms with E-state index in [4.69, 9.17) is 10.00 Å². The first-order valence-electron chi connectivity index (χ1n) is 7.15. The number of halogens is 1. The first kappa shape index (κ1) is 19.0. The van der Waals surface area contributed by atoms with E-state index in [-0.39, 0.29) is 11.5 Å². The van der Waals surface area contributed by atoms with E-state index in [1.54, 1.807) is 6.07 Å². The Hall–Kier alpha value is -3.38. The van der Waals surface area contributed by atoms with Gasteiger partial charge in [0, 0.05) is 5.69 Å². The van der Waals surface area contributed by atoms with Crippen LogP contribution in [0.5, 0.6) is 11.5 Å². The van der Waals surface area contributed by atoms with E-state index in [9.17, 15) is 14.7 Å². The van der Waals surface area contributed by atoms with E-state index in [1.807, 2.05) is 6.07 Å². The SMILES string of the molecule is COc1cc(/C=N/NC(=O)C(=O)Nc2ccc(C#N)cc2)cc(Br)c1O. The van der Waals surface area contributed by atoms with Crippen molar-refractivity contribution in [2.75, 3.05) is 12.4 Å². The zero-order valence-electron chi connectivity index (χ0n) is 13.5. The molecule has 0 aliphatic carbocycles. The third kappa shape index (κ3) is 4.81. The topological polar surface area (TPSA) is 124 Å². The maximum atomic E-state index is 11.8. The third-order valence-electron chi connectivity index (χ3n) is 3.13. The van der Waals surface area contributed by atoms with Gasteiger partial charge in [-0.1, -0.05) is 0 Å². The lowest BCUT2D eigenvalue weighted by Crippen LogP contribution is -2.32. The summed E-state index contributed by atoms with van der Waals surface area (Å²) in [4.78, 5) is 23.5. The molecule has 2 rings (SSSR count). The lowest BCUT2D eigenvalue weighted by Gasteiger charge is -2.06. The number of carbonyl (C=O) groups is 2. The second-order valence-electron chi connectivity index (χ2n) is 4.90. The molecule has 0 unspecified atom stereocenters. The minimum atomic E-state index is -0.963. The number of amides is 2. The lowest BCUT2D eigenvalue weighted by atomic mass is 10.2. The minimum absolute atomic E-state index is 0.0597. The van der Waals surface area contributed by atoms with E-state index in [2.05, 4.69) is 31.8 Å². The van der Waals surface area contributed by atoms with Crippen molar-refractivity contribution >= 4 is 39.6 Å². The van der Waals surface area contributed by atoms with E-state index >= 15 is 0 Å². The molecule has 0 fully saturated rings. The molecule has 9 heteroatoms. The lowest BCUT2D eigenvalue weighted by molar-refractivity contribution is -0.136. The van der Waals surface area contributed by atoms with Crippen LogP contribution < -0.4 is 15.5 Å². The highest BCUT2D eigenvalue weighted by molar-refractivity contribution is 9.10. The summed E-state index contributed by atoms with van der Waals surface area (Å²) in [6.07, 6.45) is 1.29. The largest absolute Gasteiger partial charge is 0.503 e. The van der Waals surface area contributed by atoms with E-state index in [0.29, 0.717) is 21.3 Å². The van der Waals surface area contributed by atoms with Crippen molar-refractivity contribution in [2.45, 2.75) is 0 Å². The number of anilines is 1. The van der Waals surface area contributed by atoms with Crippen molar-refractivity contribution in [1.82, 2.24) is 5.43 Å². The molecule has 8 nitrogen and oxygen atoms in total. The molecule has 0 atom stereocenters. The van der Waals surface area contributed by atoms with Crippen LogP contribution in [0.15, 0.2) is 46.0 Å². The molecule has 3 N–H and O–H groups in total. The number of hydrogen-bond donors (Lipinski definition) is 3. The van der Waals surface area contributed by atoms with Gasteiger partial charge >= 0.3 is 11.8 Å². The molecule has 2 aromatic carbocycles. The number of phenolic OH excluding ortho intramolecular Hbond substituents is 1. The van der Waals surface area contributed by atoms with Crippen molar-refractivity contribution in [3.8, 4) is 17.6 Å². The number of carbonyl (C=O) groups excluding carboxylic acids is 2.